The van der Waals surface area contributed by atoms with Crippen molar-refractivity contribution < 1.29 is 0 Å². The fraction of sp³-hybridized carbons (Fsp3) is 0.941. The van der Waals surface area contributed by atoms with Crippen molar-refractivity contribution in [3.63, 3.8) is 0 Å². The minimum absolute atomic E-state index is 0.412. The Bertz CT molecular complexity index is 388. The standard InChI is InChI=1S/C17H29N3/c1-20(11-15-10-13-4-5-14(15)9-13)8-6-16-3-2-7-17(16,19)12-18/h13-16H,2-11,19H2,1H3. The van der Waals surface area contributed by atoms with E-state index in [1.54, 1.807) is 0 Å². The summed E-state index contributed by atoms with van der Waals surface area (Å²) in [5, 5.41) is 9.27. The number of nitriles is 1. The molecule has 0 amide bonds. The molecule has 0 saturated heterocycles. The summed E-state index contributed by atoms with van der Waals surface area (Å²) >= 11 is 0. The molecule has 3 aliphatic rings. The molecule has 0 spiro atoms. The first-order valence-corrected chi connectivity index (χ1v) is 8.49. The normalized spacial score (nSPS) is 43.3. The van der Waals surface area contributed by atoms with Gasteiger partial charge in [-0.1, -0.05) is 12.8 Å². The maximum atomic E-state index is 9.27. The molecule has 3 saturated carbocycles. The van der Waals surface area contributed by atoms with E-state index >= 15 is 0 Å². The van der Waals surface area contributed by atoms with Gasteiger partial charge in [-0.3, -0.25) is 0 Å². The third kappa shape index (κ3) is 2.73. The Hall–Kier alpha value is -0.590. The van der Waals surface area contributed by atoms with Crippen molar-refractivity contribution >= 4 is 0 Å². The van der Waals surface area contributed by atoms with E-state index in [2.05, 4.69) is 18.0 Å². The zero-order valence-electron chi connectivity index (χ0n) is 12.9. The van der Waals surface area contributed by atoms with Crippen molar-refractivity contribution in [2.75, 3.05) is 20.1 Å². The highest BCUT2D eigenvalue weighted by molar-refractivity contribution is 5.11. The molecule has 0 heterocycles. The van der Waals surface area contributed by atoms with Gasteiger partial charge in [-0.05, 0) is 75.8 Å². The molecule has 0 aromatic heterocycles. The van der Waals surface area contributed by atoms with Crippen LogP contribution in [-0.2, 0) is 0 Å². The van der Waals surface area contributed by atoms with E-state index in [-0.39, 0.29) is 0 Å². The van der Waals surface area contributed by atoms with Crippen LogP contribution in [0.25, 0.3) is 0 Å². The van der Waals surface area contributed by atoms with Gasteiger partial charge in [0.05, 0.1) is 6.07 Å². The van der Waals surface area contributed by atoms with Gasteiger partial charge in [-0.15, -0.1) is 0 Å². The first kappa shape index (κ1) is 14.4. The Morgan fingerprint density at radius 3 is 2.80 bits per heavy atom. The van der Waals surface area contributed by atoms with E-state index in [4.69, 9.17) is 5.73 Å². The summed E-state index contributed by atoms with van der Waals surface area (Å²) in [6.07, 6.45) is 10.2. The minimum atomic E-state index is -0.534. The topological polar surface area (TPSA) is 53.0 Å². The lowest BCUT2D eigenvalue weighted by atomic mass is 9.86. The van der Waals surface area contributed by atoms with Crippen molar-refractivity contribution in [2.45, 2.75) is 56.9 Å². The molecule has 112 valence electrons. The summed E-state index contributed by atoms with van der Waals surface area (Å²) in [5.74, 6) is 3.42. The molecular weight excluding hydrogens is 246 g/mol. The molecule has 2 bridgehead atoms. The lowest BCUT2D eigenvalue weighted by molar-refractivity contribution is 0.203. The smallest absolute Gasteiger partial charge is 0.107 e. The molecule has 20 heavy (non-hydrogen) atoms. The molecule has 3 aliphatic carbocycles. The second-order valence-electron chi connectivity index (χ2n) is 7.73. The van der Waals surface area contributed by atoms with Crippen molar-refractivity contribution in [1.82, 2.24) is 4.90 Å². The van der Waals surface area contributed by atoms with E-state index in [1.807, 2.05) is 0 Å². The zero-order chi connectivity index (χ0) is 14.2. The lowest BCUT2D eigenvalue weighted by Crippen LogP contribution is -2.43. The van der Waals surface area contributed by atoms with Crippen molar-refractivity contribution in [3.8, 4) is 6.07 Å². The van der Waals surface area contributed by atoms with Crippen molar-refractivity contribution in [2.24, 2.45) is 29.4 Å². The van der Waals surface area contributed by atoms with Gasteiger partial charge >= 0.3 is 0 Å². The molecule has 3 rings (SSSR count). The number of fused-ring (bicyclic) bond motifs is 2. The molecule has 0 radical (unpaired) electrons. The Morgan fingerprint density at radius 2 is 2.15 bits per heavy atom. The van der Waals surface area contributed by atoms with Crippen LogP contribution in [0.4, 0.5) is 0 Å². The summed E-state index contributed by atoms with van der Waals surface area (Å²) < 4.78 is 0. The average Bonchev–Trinajstić information content (AvgIpc) is 3.12. The van der Waals surface area contributed by atoms with Gasteiger partial charge in [0.2, 0.25) is 0 Å². The summed E-state index contributed by atoms with van der Waals surface area (Å²) in [5.41, 5.74) is 5.69. The molecule has 3 nitrogen and oxygen atoms in total. The predicted molar refractivity (Wildman–Crippen MR) is 80.9 cm³/mol. The Kier molecular flexibility index (Phi) is 4.06. The molecule has 0 aromatic rings. The Labute approximate surface area is 123 Å². The van der Waals surface area contributed by atoms with Gasteiger partial charge in [0.15, 0.2) is 0 Å². The molecule has 5 unspecified atom stereocenters. The zero-order valence-corrected chi connectivity index (χ0v) is 12.9. The van der Waals surface area contributed by atoms with Gasteiger partial charge in [-0.25, -0.2) is 0 Å². The fourth-order valence-corrected chi connectivity index (χ4v) is 5.12. The summed E-state index contributed by atoms with van der Waals surface area (Å²) in [7, 11) is 2.26. The maximum Gasteiger partial charge on any atom is 0.107 e. The van der Waals surface area contributed by atoms with Crippen LogP contribution in [0.3, 0.4) is 0 Å². The van der Waals surface area contributed by atoms with Gasteiger partial charge in [0.25, 0.3) is 0 Å². The Morgan fingerprint density at radius 1 is 1.30 bits per heavy atom. The van der Waals surface area contributed by atoms with Gasteiger partial charge in [-0.2, -0.15) is 5.26 Å². The largest absolute Gasteiger partial charge is 0.313 e. The second-order valence-corrected chi connectivity index (χ2v) is 7.73. The van der Waals surface area contributed by atoms with Crippen LogP contribution in [0, 0.1) is 35.0 Å². The second kappa shape index (κ2) is 5.66. The van der Waals surface area contributed by atoms with E-state index in [1.165, 1.54) is 32.2 Å². The predicted octanol–water partition coefficient (Wildman–Crippen LogP) is 2.77. The fourth-order valence-electron chi connectivity index (χ4n) is 5.12. The molecule has 3 heteroatoms. The van der Waals surface area contributed by atoms with Crippen LogP contribution in [0.2, 0.25) is 0 Å². The first-order chi connectivity index (χ1) is 9.60. The quantitative estimate of drug-likeness (QED) is 0.839. The third-order valence-corrected chi connectivity index (χ3v) is 6.37. The number of hydrogen-bond donors (Lipinski definition) is 1. The van der Waals surface area contributed by atoms with E-state index < -0.39 is 5.54 Å². The molecule has 2 N–H and O–H groups in total. The highest BCUT2D eigenvalue weighted by Crippen LogP contribution is 2.48. The van der Waals surface area contributed by atoms with Crippen LogP contribution in [0.5, 0.6) is 0 Å². The van der Waals surface area contributed by atoms with Gasteiger partial charge in [0, 0.05) is 6.54 Å². The van der Waals surface area contributed by atoms with E-state index in [0.717, 1.165) is 50.0 Å². The molecule has 3 fully saturated rings. The Balaban J connectivity index is 1.43. The van der Waals surface area contributed by atoms with Crippen molar-refractivity contribution in [3.05, 3.63) is 0 Å². The SMILES string of the molecule is CN(CCC1CCCC1(N)C#N)CC1CC2CCC1C2. The van der Waals surface area contributed by atoms with Crippen molar-refractivity contribution in [1.29, 1.82) is 5.26 Å². The number of nitrogens with zero attached hydrogens (tertiary/aromatic N) is 2. The van der Waals surface area contributed by atoms with Crippen LogP contribution in [0.15, 0.2) is 0 Å². The summed E-state index contributed by atoms with van der Waals surface area (Å²) in [6.45, 7) is 2.37. The third-order valence-electron chi connectivity index (χ3n) is 6.37. The monoisotopic (exact) mass is 275 g/mol. The molecule has 0 aromatic carbocycles. The number of hydrogen-bond acceptors (Lipinski definition) is 3. The van der Waals surface area contributed by atoms with Gasteiger partial charge in [0.1, 0.15) is 5.54 Å². The van der Waals surface area contributed by atoms with Crippen LogP contribution >= 0.6 is 0 Å². The van der Waals surface area contributed by atoms with Crippen LogP contribution < -0.4 is 5.73 Å². The number of nitrogens with two attached hydrogens (primary N) is 1. The van der Waals surface area contributed by atoms with Crippen LogP contribution in [0.1, 0.15) is 51.4 Å². The number of rotatable bonds is 5. The van der Waals surface area contributed by atoms with E-state index in [9.17, 15) is 5.26 Å². The summed E-state index contributed by atoms with van der Waals surface area (Å²) in [6, 6.07) is 2.37. The van der Waals surface area contributed by atoms with Gasteiger partial charge < -0.3 is 10.6 Å². The van der Waals surface area contributed by atoms with Crippen LogP contribution in [-0.4, -0.2) is 30.6 Å². The average molecular weight is 275 g/mol. The minimum Gasteiger partial charge on any atom is -0.313 e. The first-order valence-electron chi connectivity index (χ1n) is 8.49. The molecule has 5 atom stereocenters. The summed E-state index contributed by atoms with van der Waals surface area (Å²) in [4.78, 5) is 2.50. The highest BCUT2D eigenvalue weighted by atomic mass is 15.1. The lowest BCUT2D eigenvalue weighted by Gasteiger charge is -2.29. The highest BCUT2D eigenvalue weighted by Gasteiger charge is 2.41. The molecular formula is C17H29N3. The molecule has 0 aliphatic heterocycles. The van der Waals surface area contributed by atoms with E-state index in [0.29, 0.717) is 5.92 Å². The maximum absolute atomic E-state index is 9.27.